The van der Waals surface area contributed by atoms with Crippen LogP contribution in [0.2, 0.25) is 0 Å². The predicted molar refractivity (Wildman–Crippen MR) is 167 cm³/mol. The smallest absolute Gasteiger partial charge is 0.226 e. The molecule has 0 spiro atoms. The van der Waals surface area contributed by atoms with E-state index in [2.05, 4.69) is 56.0 Å². The molecule has 0 radical (unpaired) electrons. The van der Waals surface area contributed by atoms with E-state index in [9.17, 15) is 4.79 Å². The molecule has 1 aromatic carbocycles. The zero-order valence-corrected chi connectivity index (χ0v) is 25.5. The number of benzene rings is 1. The van der Waals surface area contributed by atoms with E-state index >= 15 is 0 Å². The molecule has 5 rings (SSSR count). The van der Waals surface area contributed by atoms with Crippen LogP contribution in [0.15, 0.2) is 48.7 Å². The van der Waals surface area contributed by atoms with Gasteiger partial charge < -0.3 is 24.8 Å². The van der Waals surface area contributed by atoms with E-state index in [4.69, 9.17) is 17.0 Å². The first-order valence-electron chi connectivity index (χ1n) is 14.6. The number of anilines is 1. The van der Waals surface area contributed by atoms with Gasteiger partial charge >= 0.3 is 0 Å². The average Bonchev–Trinajstić information content (AvgIpc) is 3.45. The van der Waals surface area contributed by atoms with Gasteiger partial charge in [0.1, 0.15) is 0 Å². The molecule has 2 fully saturated rings. The molecule has 0 unspecified atom stereocenters. The van der Waals surface area contributed by atoms with Crippen molar-refractivity contribution < 1.29 is 9.53 Å². The first-order chi connectivity index (χ1) is 19.8. The lowest BCUT2D eigenvalue weighted by Crippen LogP contribution is -2.37. The van der Waals surface area contributed by atoms with Gasteiger partial charge in [0.2, 0.25) is 5.91 Å². The van der Waals surface area contributed by atoms with Crippen molar-refractivity contribution in [1.82, 2.24) is 24.7 Å². The van der Waals surface area contributed by atoms with Gasteiger partial charge in [0.15, 0.2) is 5.11 Å². The van der Waals surface area contributed by atoms with Crippen LogP contribution in [-0.2, 0) is 16.1 Å². The summed E-state index contributed by atoms with van der Waals surface area (Å²) in [4.78, 5) is 22.4. The van der Waals surface area contributed by atoms with E-state index in [1.54, 1.807) is 0 Å². The number of rotatable bonds is 10. The normalized spacial score (nSPS) is 19.4. The van der Waals surface area contributed by atoms with Crippen molar-refractivity contribution in [2.75, 3.05) is 44.7 Å². The number of nitrogens with zero attached hydrogens (tertiary/aromatic N) is 4. The fourth-order valence-electron chi connectivity index (χ4n) is 6.04. The van der Waals surface area contributed by atoms with E-state index in [-0.39, 0.29) is 18.0 Å². The molecule has 2 N–H and O–H groups in total. The lowest BCUT2D eigenvalue weighted by atomic mass is 9.96. The number of carbonyl (C=O) groups is 1. The Balaban J connectivity index is 1.35. The molecule has 2 aliphatic rings. The van der Waals surface area contributed by atoms with Crippen LogP contribution in [0.4, 0.5) is 5.69 Å². The van der Waals surface area contributed by atoms with Crippen LogP contribution in [0, 0.1) is 27.7 Å². The molecule has 2 aromatic heterocycles. The summed E-state index contributed by atoms with van der Waals surface area (Å²) in [5.41, 5.74) is 7.69. The first kappa shape index (κ1) is 29.2. The van der Waals surface area contributed by atoms with Crippen molar-refractivity contribution in [1.29, 1.82) is 0 Å². The Morgan fingerprint density at radius 2 is 1.88 bits per heavy atom. The second-order valence-corrected chi connectivity index (χ2v) is 11.6. The molecule has 0 bridgehead atoms. The molecule has 2 aliphatic heterocycles. The summed E-state index contributed by atoms with van der Waals surface area (Å²) in [6.45, 7) is 14.7. The maximum atomic E-state index is 13.1. The molecule has 1 amide bonds. The molecule has 0 saturated carbocycles. The Kier molecular flexibility index (Phi) is 9.37. The Labute approximate surface area is 249 Å². The average molecular weight is 575 g/mol. The van der Waals surface area contributed by atoms with Gasteiger partial charge in [0.25, 0.3) is 0 Å². The molecule has 218 valence electrons. The van der Waals surface area contributed by atoms with Crippen molar-refractivity contribution in [2.45, 2.75) is 59.2 Å². The van der Waals surface area contributed by atoms with Gasteiger partial charge in [-0.2, -0.15) is 0 Å². The molecule has 8 nitrogen and oxygen atoms in total. The molecule has 0 aliphatic carbocycles. The fourth-order valence-corrected chi connectivity index (χ4v) is 6.37. The number of pyridine rings is 1. The highest BCUT2D eigenvalue weighted by Crippen LogP contribution is 2.41. The molecule has 41 heavy (non-hydrogen) atoms. The largest absolute Gasteiger partial charge is 0.379 e. The van der Waals surface area contributed by atoms with E-state index < -0.39 is 0 Å². The zero-order chi connectivity index (χ0) is 28.9. The van der Waals surface area contributed by atoms with Gasteiger partial charge in [-0.3, -0.25) is 14.7 Å². The molecule has 9 heteroatoms. The minimum absolute atomic E-state index is 0.0184. The van der Waals surface area contributed by atoms with E-state index in [0.717, 1.165) is 68.3 Å². The van der Waals surface area contributed by atoms with Crippen LogP contribution in [0.25, 0.3) is 0 Å². The first-order valence-corrected chi connectivity index (χ1v) is 15.0. The van der Waals surface area contributed by atoms with Crippen molar-refractivity contribution in [3.8, 4) is 0 Å². The van der Waals surface area contributed by atoms with Crippen molar-refractivity contribution in [3.05, 3.63) is 82.4 Å². The van der Waals surface area contributed by atoms with E-state index in [1.807, 2.05) is 50.4 Å². The van der Waals surface area contributed by atoms with Crippen LogP contribution >= 0.6 is 12.2 Å². The molecule has 4 heterocycles. The molecular formula is C32H42N6O2S. The van der Waals surface area contributed by atoms with Crippen LogP contribution in [0.1, 0.15) is 58.7 Å². The van der Waals surface area contributed by atoms with Crippen molar-refractivity contribution in [2.24, 2.45) is 0 Å². The molecule has 3 aromatic rings. The third-order valence-corrected chi connectivity index (χ3v) is 8.69. The summed E-state index contributed by atoms with van der Waals surface area (Å²) in [6.07, 6.45) is 3.24. The van der Waals surface area contributed by atoms with Crippen LogP contribution in [0.3, 0.4) is 0 Å². The third-order valence-electron chi connectivity index (χ3n) is 8.34. The maximum absolute atomic E-state index is 13.1. The number of aryl methyl sites for hydroxylation is 3. The number of morpholine rings is 1. The van der Waals surface area contributed by atoms with Gasteiger partial charge in [-0.05, 0) is 87.3 Å². The summed E-state index contributed by atoms with van der Waals surface area (Å²) < 4.78 is 7.93. The van der Waals surface area contributed by atoms with Gasteiger partial charge in [-0.1, -0.05) is 18.2 Å². The number of carbonyl (C=O) groups excluding carboxylic acids is 1. The van der Waals surface area contributed by atoms with Crippen LogP contribution in [-0.4, -0.2) is 69.8 Å². The number of nitrogens with one attached hydrogen (secondary N) is 2. The highest BCUT2D eigenvalue weighted by Gasteiger charge is 2.41. The number of ether oxygens (including phenoxy) is 1. The second-order valence-electron chi connectivity index (χ2n) is 11.2. The lowest BCUT2D eigenvalue weighted by molar-refractivity contribution is -0.116. The van der Waals surface area contributed by atoms with Gasteiger partial charge in [0.05, 0.1) is 31.0 Å². The minimum Gasteiger partial charge on any atom is -0.379 e. The number of hydrogen-bond donors (Lipinski definition) is 2. The summed E-state index contributed by atoms with van der Waals surface area (Å²) in [5.74, 6) is -0.0184. The second kappa shape index (κ2) is 13.1. The fraction of sp³-hybridized carbons (Fsp3) is 0.469. The maximum Gasteiger partial charge on any atom is 0.226 e. The molecular weight excluding hydrogens is 532 g/mol. The number of amides is 1. The molecule has 2 saturated heterocycles. The predicted octanol–water partition coefficient (Wildman–Crippen LogP) is 4.84. The van der Waals surface area contributed by atoms with Crippen molar-refractivity contribution in [3.63, 3.8) is 0 Å². The lowest BCUT2D eigenvalue weighted by Gasteiger charge is -2.28. The SMILES string of the molecule is Cc1ccc(C)c(NC(=O)CCN2C(=S)N[C@@H](c3ccccn3)[C@@H]2c2cc(C)n(CCCN3CCOCC3)c2C)c1. The number of hydrogen-bond acceptors (Lipinski definition) is 5. The quantitative estimate of drug-likeness (QED) is 0.336. The Morgan fingerprint density at radius 1 is 1.07 bits per heavy atom. The van der Waals surface area contributed by atoms with Crippen LogP contribution < -0.4 is 10.6 Å². The summed E-state index contributed by atoms with van der Waals surface area (Å²) in [7, 11) is 0. The van der Waals surface area contributed by atoms with Crippen LogP contribution in [0.5, 0.6) is 0 Å². The van der Waals surface area contributed by atoms with Gasteiger partial charge in [-0.15, -0.1) is 0 Å². The van der Waals surface area contributed by atoms with E-state index in [1.165, 1.54) is 17.0 Å². The highest BCUT2D eigenvalue weighted by atomic mass is 32.1. The highest BCUT2D eigenvalue weighted by molar-refractivity contribution is 7.80. The van der Waals surface area contributed by atoms with Crippen molar-refractivity contribution >= 4 is 28.9 Å². The topological polar surface area (TPSA) is 74.7 Å². The number of thiocarbonyl (C=S) groups is 1. The third kappa shape index (κ3) is 6.80. The summed E-state index contributed by atoms with van der Waals surface area (Å²) >= 11 is 5.87. The van der Waals surface area contributed by atoms with E-state index in [0.29, 0.717) is 18.1 Å². The monoisotopic (exact) mass is 574 g/mol. The summed E-state index contributed by atoms with van der Waals surface area (Å²) in [5, 5.41) is 7.30. The summed E-state index contributed by atoms with van der Waals surface area (Å²) in [6, 6.07) is 14.2. The number of aromatic nitrogens is 2. The Hall–Kier alpha value is -3.27. The standard InChI is InChI=1S/C32H42N6O2S/c1-22-9-10-23(2)28(20-22)34-29(39)11-15-38-31(30(35-32(38)41)27-8-5-6-12-33-27)26-21-24(3)37(25(26)4)14-7-13-36-16-18-40-19-17-36/h5-6,8-10,12,20-21,30-31H,7,11,13-19H2,1-4H3,(H,34,39)(H,35,41)/t30-,31-/m0/s1. The zero-order valence-electron chi connectivity index (χ0n) is 24.7. The van der Waals surface area contributed by atoms with Gasteiger partial charge in [-0.25, -0.2) is 0 Å². The Bertz CT molecular complexity index is 1370. The van der Waals surface area contributed by atoms with Gasteiger partial charge in [0, 0.05) is 62.4 Å². The Morgan fingerprint density at radius 3 is 2.63 bits per heavy atom. The minimum atomic E-state index is -0.104. The molecule has 2 atom stereocenters.